The van der Waals surface area contributed by atoms with E-state index in [0.29, 0.717) is 11.7 Å². The molecule has 1 N–H and O–H groups in total. The summed E-state index contributed by atoms with van der Waals surface area (Å²) in [6.45, 7) is 0. The van der Waals surface area contributed by atoms with Crippen LogP contribution in [0.3, 0.4) is 0 Å². The fourth-order valence-electron chi connectivity index (χ4n) is 0.716. The topological polar surface area (TPSA) is 20.2 Å². The highest BCUT2D eigenvalue weighted by molar-refractivity contribution is 7.88. The first-order valence-electron chi connectivity index (χ1n) is 2.84. The average Bonchev–Trinajstić information content (AvgIpc) is 2.45. The molecule has 1 aliphatic carbocycles. The molecule has 0 heterocycles. The summed E-state index contributed by atoms with van der Waals surface area (Å²) in [5.74, 6) is 1.27. The lowest BCUT2D eigenvalue weighted by atomic mass is 10.3. The van der Waals surface area contributed by atoms with Crippen LogP contribution >= 0.6 is 11.2 Å². The maximum atomic E-state index is 9.09. The standard InChI is InChI=1S/C6H10OS/c1-8-4-6(7)5-2-3-5/h1,5-7H,2-4H2. The van der Waals surface area contributed by atoms with E-state index in [1.165, 1.54) is 24.0 Å². The Morgan fingerprint density at radius 2 is 2.38 bits per heavy atom. The first-order valence-corrected chi connectivity index (χ1v) is 3.89. The molecular weight excluding hydrogens is 120 g/mol. The van der Waals surface area contributed by atoms with Gasteiger partial charge in [-0.3, -0.25) is 0 Å². The summed E-state index contributed by atoms with van der Waals surface area (Å²) in [7, 11) is 0. The second-order valence-electron chi connectivity index (χ2n) is 2.24. The normalized spacial score (nSPS) is 22.5. The minimum absolute atomic E-state index is 0.134. The van der Waals surface area contributed by atoms with Crippen molar-refractivity contribution in [1.29, 1.82) is 0 Å². The Labute approximate surface area is 53.3 Å². The fourth-order valence-corrected chi connectivity index (χ4v) is 1.19. The van der Waals surface area contributed by atoms with Gasteiger partial charge < -0.3 is 5.11 Å². The third-order valence-electron chi connectivity index (χ3n) is 1.43. The third kappa shape index (κ3) is 1.48. The monoisotopic (exact) mass is 130 g/mol. The quantitative estimate of drug-likeness (QED) is 0.593. The zero-order valence-corrected chi connectivity index (χ0v) is 5.53. The molecule has 0 saturated heterocycles. The number of rotatable bonds is 2. The molecule has 0 aromatic rings. The number of aliphatic hydroxyl groups is 1. The van der Waals surface area contributed by atoms with Gasteiger partial charge in [0.05, 0.1) is 6.10 Å². The molecule has 0 bridgehead atoms. The van der Waals surface area contributed by atoms with E-state index in [1.807, 2.05) is 0 Å². The highest BCUT2D eigenvalue weighted by atomic mass is 32.1. The molecular formula is C6H10OS. The van der Waals surface area contributed by atoms with Gasteiger partial charge in [-0.05, 0) is 18.8 Å². The Hall–Kier alpha value is -0.0400. The van der Waals surface area contributed by atoms with Gasteiger partial charge in [0.1, 0.15) is 0 Å². The SMILES string of the molecule is C#SCC(O)C1CC1. The summed E-state index contributed by atoms with van der Waals surface area (Å²) >= 11 is 1.23. The van der Waals surface area contributed by atoms with Crippen molar-refractivity contribution >= 4 is 11.2 Å². The van der Waals surface area contributed by atoms with Crippen molar-refractivity contribution in [3.63, 3.8) is 0 Å². The lowest BCUT2D eigenvalue weighted by molar-refractivity contribution is 0.176. The molecule has 2 heteroatoms. The van der Waals surface area contributed by atoms with E-state index >= 15 is 0 Å². The van der Waals surface area contributed by atoms with Crippen LogP contribution in [-0.4, -0.2) is 17.0 Å². The van der Waals surface area contributed by atoms with E-state index in [-0.39, 0.29) is 6.10 Å². The predicted molar refractivity (Wildman–Crippen MR) is 36.1 cm³/mol. The van der Waals surface area contributed by atoms with Gasteiger partial charge in [0.25, 0.3) is 0 Å². The van der Waals surface area contributed by atoms with Crippen molar-refractivity contribution in [2.45, 2.75) is 18.9 Å². The number of aliphatic hydroxyl groups excluding tert-OH is 1. The first-order chi connectivity index (χ1) is 3.84. The van der Waals surface area contributed by atoms with Crippen LogP contribution in [0.25, 0.3) is 0 Å². The number of hydrogen-bond donors (Lipinski definition) is 1. The summed E-state index contributed by atoms with van der Waals surface area (Å²) in [4.78, 5) is 0. The average molecular weight is 130 g/mol. The molecule has 1 aliphatic rings. The maximum Gasteiger partial charge on any atom is 0.0696 e. The molecule has 1 atom stereocenters. The van der Waals surface area contributed by atoms with Gasteiger partial charge in [-0.2, -0.15) is 0 Å². The van der Waals surface area contributed by atoms with Crippen LogP contribution in [0.4, 0.5) is 0 Å². The van der Waals surface area contributed by atoms with Crippen LogP contribution in [0, 0.1) is 11.6 Å². The van der Waals surface area contributed by atoms with Crippen molar-refractivity contribution in [3.8, 4) is 5.69 Å². The first kappa shape index (κ1) is 6.09. The summed E-state index contributed by atoms with van der Waals surface area (Å²) in [5, 5.41) is 9.09. The molecule has 1 unspecified atom stereocenters. The van der Waals surface area contributed by atoms with Gasteiger partial charge in [0, 0.05) is 5.75 Å². The molecule has 0 aromatic carbocycles. The molecule has 1 fully saturated rings. The number of hydrogen-bond acceptors (Lipinski definition) is 1. The van der Waals surface area contributed by atoms with Crippen LogP contribution in [0.5, 0.6) is 0 Å². The van der Waals surface area contributed by atoms with Crippen LogP contribution in [0.1, 0.15) is 12.8 Å². The van der Waals surface area contributed by atoms with E-state index in [4.69, 9.17) is 10.8 Å². The highest BCUT2D eigenvalue weighted by Gasteiger charge is 2.28. The predicted octanol–water partition coefficient (Wildman–Crippen LogP) is 1.08. The molecule has 0 aromatic heterocycles. The van der Waals surface area contributed by atoms with Crippen molar-refractivity contribution in [1.82, 2.24) is 0 Å². The molecule has 8 heavy (non-hydrogen) atoms. The van der Waals surface area contributed by atoms with Gasteiger partial charge in [0.15, 0.2) is 0 Å². The molecule has 0 amide bonds. The largest absolute Gasteiger partial charge is 0.392 e. The molecule has 1 rings (SSSR count). The Morgan fingerprint density at radius 1 is 1.75 bits per heavy atom. The van der Waals surface area contributed by atoms with Crippen molar-refractivity contribution in [2.75, 3.05) is 5.75 Å². The third-order valence-corrected chi connectivity index (χ3v) is 1.97. The van der Waals surface area contributed by atoms with E-state index < -0.39 is 0 Å². The highest BCUT2D eigenvalue weighted by Crippen LogP contribution is 2.32. The summed E-state index contributed by atoms with van der Waals surface area (Å²) in [6, 6.07) is 0. The second-order valence-corrected chi connectivity index (χ2v) is 2.90. The second kappa shape index (κ2) is 2.49. The Bertz CT molecular complexity index is 112. The summed E-state index contributed by atoms with van der Waals surface area (Å²) in [5.41, 5.74) is 5.15. The smallest absolute Gasteiger partial charge is 0.0696 e. The summed E-state index contributed by atoms with van der Waals surface area (Å²) in [6.07, 6.45) is 2.26. The van der Waals surface area contributed by atoms with E-state index in [2.05, 4.69) is 0 Å². The Morgan fingerprint density at radius 3 is 2.75 bits per heavy atom. The minimum atomic E-state index is -0.134. The fraction of sp³-hybridized carbons (Fsp3) is 0.833. The van der Waals surface area contributed by atoms with Crippen LogP contribution < -0.4 is 0 Å². The van der Waals surface area contributed by atoms with Gasteiger partial charge >= 0.3 is 0 Å². The van der Waals surface area contributed by atoms with Crippen molar-refractivity contribution < 1.29 is 5.11 Å². The molecule has 0 aliphatic heterocycles. The van der Waals surface area contributed by atoms with Gasteiger partial charge in [-0.1, -0.05) is 0 Å². The zero-order chi connectivity index (χ0) is 5.98. The summed E-state index contributed by atoms with van der Waals surface area (Å²) < 4.78 is 0. The van der Waals surface area contributed by atoms with Crippen molar-refractivity contribution in [2.24, 2.45) is 5.92 Å². The zero-order valence-electron chi connectivity index (χ0n) is 4.71. The van der Waals surface area contributed by atoms with E-state index in [0.717, 1.165) is 0 Å². The Balaban J connectivity index is 2.15. The molecule has 0 radical (unpaired) electrons. The van der Waals surface area contributed by atoms with Gasteiger partial charge in [-0.15, -0.1) is 16.9 Å². The van der Waals surface area contributed by atoms with Crippen molar-refractivity contribution in [3.05, 3.63) is 0 Å². The van der Waals surface area contributed by atoms with E-state index in [1.54, 1.807) is 0 Å². The van der Waals surface area contributed by atoms with Crippen LogP contribution in [0.15, 0.2) is 0 Å². The minimum Gasteiger partial charge on any atom is -0.392 e. The van der Waals surface area contributed by atoms with Crippen LogP contribution in [-0.2, 0) is 0 Å². The Kier molecular flexibility index (Phi) is 1.90. The molecule has 46 valence electrons. The molecule has 0 spiro atoms. The lowest BCUT2D eigenvalue weighted by Crippen LogP contribution is -2.10. The maximum absolute atomic E-state index is 9.09. The molecule has 1 nitrogen and oxygen atoms in total. The van der Waals surface area contributed by atoms with E-state index in [9.17, 15) is 0 Å². The molecule has 1 saturated carbocycles. The van der Waals surface area contributed by atoms with Crippen LogP contribution in [0.2, 0.25) is 0 Å². The lowest BCUT2D eigenvalue weighted by Gasteiger charge is -2.00. The van der Waals surface area contributed by atoms with Gasteiger partial charge in [-0.25, -0.2) is 0 Å². The van der Waals surface area contributed by atoms with Gasteiger partial charge in [0.2, 0.25) is 0 Å².